The van der Waals surface area contributed by atoms with Gasteiger partial charge in [0.25, 0.3) is 0 Å². The van der Waals surface area contributed by atoms with Gasteiger partial charge in [-0.1, -0.05) is 182 Å². The Morgan fingerprint density at radius 3 is 1.07 bits per heavy atom. The van der Waals surface area contributed by atoms with Crippen LogP contribution in [-0.4, -0.2) is 199 Å². The Balaban J connectivity index is 0.800. The Bertz CT molecular complexity index is 3220. The topological polar surface area (TPSA) is 194 Å². The average Bonchev–Trinajstić information content (AvgIpc) is 0.745. The lowest BCUT2D eigenvalue weighted by molar-refractivity contribution is -0.222. The fraction of sp³-hybridized carbons (Fsp3) is 0.474. The zero-order chi connectivity index (χ0) is 67.4. The normalized spacial score (nSPS) is 30.1. The number of morpholine rings is 2. The molecule has 8 aliphatic rings. The van der Waals surface area contributed by atoms with Gasteiger partial charge in [0.15, 0.2) is 12.7 Å². The zero-order valence-electron chi connectivity index (χ0n) is 56.2. The van der Waals surface area contributed by atoms with Gasteiger partial charge in [-0.3, -0.25) is 9.80 Å². The van der Waals surface area contributed by atoms with Crippen molar-refractivity contribution in [3.63, 3.8) is 0 Å². The van der Waals surface area contributed by atoms with Gasteiger partial charge in [0.1, 0.15) is 24.9 Å². The molecule has 0 amide bonds. The smallest absolute Gasteiger partial charge is 0.374 e. The van der Waals surface area contributed by atoms with Crippen molar-refractivity contribution in [1.82, 2.24) is 50.2 Å². The van der Waals surface area contributed by atoms with Crippen LogP contribution in [0.25, 0.3) is 0 Å². The molecule has 6 fully saturated rings. The zero-order valence-corrected chi connectivity index (χ0v) is 57.8. The Kier molecular flexibility index (Phi) is 21.8. The van der Waals surface area contributed by atoms with Crippen molar-refractivity contribution in [2.75, 3.05) is 65.4 Å². The highest BCUT2D eigenvalue weighted by Gasteiger charge is 2.53. The first-order valence-corrected chi connectivity index (χ1v) is 37.2. The van der Waals surface area contributed by atoms with Gasteiger partial charge in [-0.2, -0.15) is 23.5 Å². The van der Waals surface area contributed by atoms with Gasteiger partial charge in [-0.25, -0.2) is 15.2 Å². The average molecular weight is 1380 g/mol. The summed E-state index contributed by atoms with van der Waals surface area (Å²) in [5.74, 6) is 0. The van der Waals surface area contributed by atoms with Crippen molar-refractivity contribution in [1.29, 1.82) is 0 Å². The van der Waals surface area contributed by atoms with Crippen molar-refractivity contribution in [3.8, 4) is 0 Å². The highest BCUT2D eigenvalue weighted by Crippen LogP contribution is 2.55. The third-order valence-corrected chi connectivity index (χ3v) is 23.5. The van der Waals surface area contributed by atoms with E-state index in [2.05, 4.69) is 176 Å². The fourth-order valence-corrected chi connectivity index (χ4v) is 18.5. The second-order valence-corrected chi connectivity index (χ2v) is 29.7. The molecule has 0 saturated carbocycles. The molecule has 8 unspecified atom stereocenters. The van der Waals surface area contributed by atoms with Crippen LogP contribution in [0.3, 0.4) is 0 Å². The standard InChI is InChI=1S/C76H96ClN10O10P/c1-55-49-84(73(90)78-71(55)88)69-53-82(75(57-25-9-3-10-26-57,58-27-11-4-12-28-58)59-29-13-5-14-30-59)51-67(93-69)47-65-45-63(80-39-21-22-40-80)37-43-86(65)96-98(92,95-77)97-87-44-38-64(81-41-23-24-42-81)46-66(87)48-68-52-83(54-70(94-68)85-50-56(2)72(89)79-74(85)91)76(60-31-15-6-16-32-60,61-33-17-7-18-34-61)62-35-19-8-20-36-62/h3-20,25-36,49-50,63-74,78-79,88-91H,21-24,37-48,51-54H2,1-2H3/t63?,64?,65?,66?,67-,68-,69+,70+,71?,72?,73?,74?,98?/m0/s1. The van der Waals surface area contributed by atoms with Crippen molar-refractivity contribution < 1.29 is 47.8 Å². The van der Waals surface area contributed by atoms with E-state index in [4.69, 9.17) is 34.7 Å². The number of halogens is 1. The van der Waals surface area contributed by atoms with Crippen LogP contribution in [-0.2, 0) is 38.4 Å². The number of hydrogen-bond donors (Lipinski definition) is 6. The third kappa shape index (κ3) is 14.4. The largest absolute Gasteiger partial charge is 0.524 e. The van der Waals surface area contributed by atoms with E-state index in [1.165, 1.54) is 0 Å². The minimum atomic E-state index is -4.71. The van der Waals surface area contributed by atoms with Gasteiger partial charge >= 0.3 is 7.82 Å². The second-order valence-electron chi connectivity index (χ2n) is 28.0. The number of likely N-dealkylation sites (tertiary alicyclic amines) is 2. The molecule has 522 valence electrons. The van der Waals surface area contributed by atoms with Crippen molar-refractivity contribution in [2.45, 2.75) is 163 Å². The number of ether oxygens (including phenoxy) is 2. The van der Waals surface area contributed by atoms with E-state index in [9.17, 15) is 20.4 Å². The first-order chi connectivity index (χ1) is 47.8. The Morgan fingerprint density at radius 2 is 0.776 bits per heavy atom. The van der Waals surface area contributed by atoms with Crippen molar-refractivity contribution in [2.24, 2.45) is 0 Å². The van der Waals surface area contributed by atoms with Crippen LogP contribution in [0.1, 0.15) is 111 Å². The highest BCUT2D eigenvalue weighted by molar-refractivity contribution is 7.49. The van der Waals surface area contributed by atoms with E-state index in [0.717, 1.165) is 98.1 Å². The predicted octanol–water partition coefficient (Wildman–Crippen LogP) is 9.61. The number of rotatable bonds is 21. The molecular formula is C76H96ClN10O10P. The molecule has 8 aliphatic heterocycles. The molecule has 0 spiro atoms. The van der Waals surface area contributed by atoms with Crippen LogP contribution in [0.2, 0.25) is 0 Å². The molecule has 98 heavy (non-hydrogen) atoms. The number of hydrogen-bond acceptors (Lipinski definition) is 20. The van der Waals surface area contributed by atoms with Crippen LogP contribution in [0.15, 0.2) is 206 Å². The minimum Gasteiger partial charge on any atom is -0.374 e. The molecule has 0 aliphatic carbocycles. The molecule has 8 heterocycles. The molecule has 22 heteroatoms. The number of nitrogens with zero attached hydrogens (tertiary/aromatic N) is 8. The van der Waals surface area contributed by atoms with Gasteiger partial charge in [-0.15, -0.1) is 0 Å². The Morgan fingerprint density at radius 1 is 0.469 bits per heavy atom. The molecule has 6 N–H and O–H groups in total. The van der Waals surface area contributed by atoms with Gasteiger partial charge < -0.3 is 49.5 Å². The van der Waals surface area contributed by atoms with Crippen LogP contribution < -0.4 is 10.6 Å². The monoisotopic (exact) mass is 1370 g/mol. The summed E-state index contributed by atoms with van der Waals surface area (Å²) in [4.78, 5) is 13.7. The SMILES string of the molecule is CC1=CN([C@H]2CN(C(c3ccccc3)(c3ccccc3)c3ccccc3)C[C@H](CC3CC(N4CCCC4)CCN3OP(=O)(OCl)ON3CCC(N4CCCC4)CC3C[C@H]3CN(C(c4ccccc4)(c4ccccc4)c4ccccc4)C[C@H](N4C=C(C)C(O)NC4O)O3)O2)C(O)NC1O. The molecule has 6 aromatic rings. The number of phosphoric acid groups is 1. The Labute approximate surface area is 582 Å². The molecule has 0 radical (unpaired) electrons. The van der Waals surface area contributed by atoms with Gasteiger partial charge in [0.2, 0.25) is 0 Å². The summed E-state index contributed by atoms with van der Waals surface area (Å²) in [6.45, 7) is 10.0. The second kappa shape index (κ2) is 30.8. The molecule has 0 bridgehead atoms. The minimum absolute atomic E-state index is 0.205. The van der Waals surface area contributed by atoms with Gasteiger partial charge in [0.05, 0.1) is 35.2 Å². The number of hydroxylamine groups is 4. The van der Waals surface area contributed by atoms with Crippen LogP contribution in [0.5, 0.6) is 0 Å². The first kappa shape index (κ1) is 69.3. The summed E-state index contributed by atoms with van der Waals surface area (Å²) in [7, 11) is -4.71. The fourth-order valence-electron chi connectivity index (χ4n) is 17.3. The van der Waals surface area contributed by atoms with Gasteiger partial charge in [0, 0.05) is 75.8 Å². The van der Waals surface area contributed by atoms with E-state index in [1.54, 1.807) is 32.3 Å². The van der Waals surface area contributed by atoms with Gasteiger partial charge in [-0.05, 0) is 149 Å². The van der Waals surface area contributed by atoms with Crippen LogP contribution in [0, 0.1) is 0 Å². The summed E-state index contributed by atoms with van der Waals surface area (Å²) in [6.07, 6.45) is 4.62. The lowest BCUT2D eigenvalue weighted by Crippen LogP contribution is -2.65. The number of aliphatic hydroxyl groups excluding tert-OH is 4. The van der Waals surface area contributed by atoms with Crippen molar-refractivity contribution in [3.05, 3.63) is 239 Å². The summed E-state index contributed by atoms with van der Waals surface area (Å²) < 4.78 is 50.0. The summed E-state index contributed by atoms with van der Waals surface area (Å²) in [5, 5.41) is 55.1. The van der Waals surface area contributed by atoms with E-state index in [-0.39, 0.29) is 24.2 Å². The molecule has 14 rings (SSSR count). The molecule has 12 atom stereocenters. The first-order valence-electron chi connectivity index (χ1n) is 35.4. The summed E-state index contributed by atoms with van der Waals surface area (Å²) in [5.41, 5.74) is 5.92. The van der Waals surface area contributed by atoms with E-state index in [1.807, 2.05) is 50.2 Å². The maximum absolute atomic E-state index is 16.0. The summed E-state index contributed by atoms with van der Waals surface area (Å²) >= 11 is 6.60. The van der Waals surface area contributed by atoms with E-state index in [0.29, 0.717) is 76.1 Å². The quantitative estimate of drug-likeness (QED) is 0.0294. The van der Waals surface area contributed by atoms with Crippen LogP contribution >= 0.6 is 19.7 Å². The lowest BCUT2D eigenvalue weighted by Gasteiger charge is -2.54. The summed E-state index contributed by atoms with van der Waals surface area (Å²) in [6, 6.07) is 63.1. The lowest BCUT2D eigenvalue weighted by atomic mass is 9.75. The molecule has 0 aromatic heterocycles. The maximum Gasteiger partial charge on any atom is 0.524 e. The van der Waals surface area contributed by atoms with E-state index >= 15 is 4.57 Å². The molecular weight excluding hydrogens is 1280 g/mol. The highest BCUT2D eigenvalue weighted by atomic mass is 35.5. The number of benzene rings is 6. The number of piperidine rings is 2. The maximum atomic E-state index is 16.0. The number of nitrogens with one attached hydrogen (secondary N) is 2. The molecule has 20 nitrogen and oxygen atoms in total. The van der Waals surface area contributed by atoms with Crippen LogP contribution in [0.4, 0.5) is 0 Å². The van der Waals surface area contributed by atoms with E-state index < -0.39 is 68.7 Å². The van der Waals surface area contributed by atoms with Crippen molar-refractivity contribution >= 4 is 19.7 Å². The number of aliphatic hydroxyl groups is 4. The Hall–Kier alpha value is -5.76. The molecule has 6 aromatic carbocycles. The predicted molar refractivity (Wildman–Crippen MR) is 375 cm³/mol. The molecule has 6 saturated heterocycles. The third-order valence-electron chi connectivity index (χ3n) is 22.0.